The van der Waals surface area contributed by atoms with Gasteiger partial charge in [-0.1, -0.05) is 0 Å². The molecular weight excluding hydrogens is 244 g/mol. The first-order chi connectivity index (χ1) is 8.91. The topological polar surface area (TPSA) is 79.0 Å². The number of hydrogen-bond donors (Lipinski definition) is 1. The summed E-state index contributed by atoms with van der Waals surface area (Å²) < 4.78 is 0. The molecule has 0 aromatic heterocycles. The lowest BCUT2D eigenvalue weighted by molar-refractivity contribution is -0.137. The summed E-state index contributed by atoms with van der Waals surface area (Å²) in [6.45, 7) is 3.98. The molecule has 6 nitrogen and oxygen atoms in total. The minimum atomic E-state index is -0.224. The lowest BCUT2D eigenvalue weighted by Crippen LogP contribution is -2.48. The first-order valence-electron chi connectivity index (χ1n) is 6.38. The molecule has 0 saturated carbocycles. The van der Waals surface area contributed by atoms with E-state index < -0.39 is 0 Å². The summed E-state index contributed by atoms with van der Waals surface area (Å²) in [5, 5.41) is 0. The maximum absolute atomic E-state index is 12.2. The van der Waals surface area contributed by atoms with Gasteiger partial charge in [0, 0.05) is 26.0 Å². The van der Waals surface area contributed by atoms with Crippen molar-refractivity contribution in [3.63, 3.8) is 0 Å². The molecule has 1 rings (SSSR count). The molecule has 0 fully saturated rings. The number of hydrogen-bond acceptors (Lipinski definition) is 4. The molecule has 0 radical (unpaired) electrons. The van der Waals surface area contributed by atoms with Gasteiger partial charge in [0.2, 0.25) is 5.91 Å². The number of Topliss-reactive ketones (excluding diaryl/α,β-unsaturated/α-hetero) is 1. The van der Waals surface area contributed by atoms with Crippen LogP contribution < -0.4 is 5.73 Å². The van der Waals surface area contributed by atoms with Crippen LogP contribution in [-0.2, 0) is 9.59 Å². The van der Waals surface area contributed by atoms with Crippen molar-refractivity contribution in [3.8, 4) is 0 Å². The van der Waals surface area contributed by atoms with E-state index in [9.17, 15) is 9.59 Å². The Bertz CT molecular complexity index is 399. The number of rotatable bonds is 6. The minimum absolute atomic E-state index is 0.0235. The highest BCUT2D eigenvalue weighted by molar-refractivity contribution is 5.88. The quantitative estimate of drug-likeness (QED) is 0.427. The first-order valence-corrected chi connectivity index (χ1v) is 6.38. The van der Waals surface area contributed by atoms with Crippen LogP contribution in [0.2, 0.25) is 0 Å². The average Bonchev–Trinajstić information content (AvgIpc) is 2.31. The van der Waals surface area contributed by atoms with Crippen LogP contribution in [0.5, 0.6) is 0 Å². The summed E-state index contributed by atoms with van der Waals surface area (Å²) in [6, 6.07) is -0.224. The van der Waals surface area contributed by atoms with Crippen molar-refractivity contribution in [2.75, 3.05) is 20.1 Å². The second-order valence-corrected chi connectivity index (χ2v) is 4.81. The minimum Gasteiger partial charge on any atom is -0.388 e. The summed E-state index contributed by atoms with van der Waals surface area (Å²) in [5.41, 5.74) is 5.46. The number of carbonyl (C=O) groups is 2. The molecule has 0 bridgehead atoms. The number of amidine groups is 1. The molecule has 1 unspecified atom stereocenters. The third kappa shape index (κ3) is 4.73. The predicted octanol–water partition coefficient (Wildman–Crippen LogP) is 0.347. The third-order valence-corrected chi connectivity index (χ3v) is 2.93. The SMILES string of the molecule is CC(=O)CN1C=CN(C)C(CCCN=C(C)N)C1=O. The molecule has 1 atom stereocenters. The zero-order valence-corrected chi connectivity index (χ0v) is 11.8. The lowest BCUT2D eigenvalue weighted by Gasteiger charge is -2.34. The number of nitrogens with zero attached hydrogens (tertiary/aromatic N) is 3. The Morgan fingerprint density at radius 1 is 1.42 bits per heavy atom. The summed E-state index contributed by atoms with van der Waals surface area (Å²) in [5.74, 6) is 0.500. The van der Waals surface area contributed by atoms with Gasteiger partial charge in [0.05, 0.1) is 12.4 Å². The maximum Gasteiger partial charge on any atom is 0.249 e. The van der Waals surface area contributed by atoms with E-state index >= 15 is 0 Å². The van der Waals surface area contributed by atoms with Crippen LogP contribution >= 0.6 is 0 Å². The Kier molecular flexibility index (Phi) is 5.54. The van der Waals surface area contributed by atoms with Gasteiger partial charge in [-0.2, -0.15) is 0 Å². The monoisotopic (exact) mass is 266 g/mol. The van der Waals surface area contributed by atoms with Gasteiger partial charge in [-0.25, -0.2) is 0 Å². The summed E-state index contributed by atoms with van der Waals surface area (Å²) in [6.07, 6.45) is 4.97. The molecule has 0 aromatic rings. The van der Waals surface area contributed by atoms with Crippen molar-refractivity contribution in [1.82, 2.24) is 9.80 Å². The van der Waals surface area contributed by atoms with Gasteiger partial charge >= 0.3 is 0 Å². The van der Waals surface area contributed by atoms with Gasteiger partial charge < -0.3 is 15.5 Å². The highest BCUT2D eigenvalue weighted by Crippen LogP contribution is 2.15. The van der Waals surface area contributed by atoms with Crippen molar-refractivity contribution < 1.29 is 9.59 Å². The fourth-order valence-electron chi connectivity index (χ4n) is 1.97. The van der Waals surface area contributed by atoms with Crippen LogP contribution in [0.3, 0.4) is 0 Å². The van der Waals surface area contributed by atoms with E-state index in [0.29, 0.717) is 18.8 Å². The average molecular weight is 266 g/mol. The lowest BCUT2D eigenvalue weighted by atomic mass is 10.1. The van der Waals surface area contributed by atoms with E-state index in [1.807, 2.05) is 18.1 Å². The van der Waals surface area contributed by atoms with Gasteiger partial charge in [-0.3, -0.25) is 14.6 Å². The highest BCUT2D eigenvalue weighted by atomic mass is 16.2. The predicted molar refractivity (Wildman–Crippen MR) is 74.5 cm³/mol. The zero-order chi connectivity index (χ0) is 14.4. The molecule has 0 saturated heterocycles. The largest absolute Gasteiger partial charge is 0.388 e. The van der Waals surface area contributed by atoms with E-state index in [4.69, 9.17) is 5.73 Å². The van der Waals surface area contributed by atoms with Crippen LogP contribution in [0.15, 0.2) is 17.4 Å². The number of carbonyl (C=O) groups excluding carboxylic acids is 2. The van der Waals surface area contributed by atoms with Gasteiger partial charge in [0.25, 0.3) is 0 Å². The van der Waals surface area contributed by atoms with Crippen molar-refractivity contribution in [2.45, 2.75) is 32.7 Å². The Morgan fingerprint density at radius 3 is 2.68 bits per heavy atom. The first kappa shape index (κ1) is 15.2. The molecular formula is C13H22N4O2. The summed E-state index contributed by atoms with van der Waals surface area (Å²) in [7, 11) is 1.86. The van der Waals surface area contributed by atoms with Gasteiger partial charge in [0.15, 0.2) is 0 Å². The summed E-state index contributed by atoms with van der Waals surface area (Å²) >= 11 is 0. The van der Waals surface area contributed by atoms with Crippen molar-refractivity contribution in [1.29, 1.82) is 0 Å². The van der Waals surface area contributed by atoms with E-state index in [-0.39, 0.29) is 24.3 Å². The second kappa shape index (κ2) is 6.92. The van der Waals surface area contributed by atoms with Gasteiger partial charge in [0.1, 0.15) is 11.8 Å². The van der Waals surface area contributed by atoms with Crippen LogP contribution in [0, 0.1) is 0 Å². The number of aliphatic imine (C=N–C) groups is 1. The van der Waals surface area contributed by atoms with Crippen LogP contribution in [0.25, 0.3) is 0 Å². The smallest absolute Gasteiger partial charge is 0.249 e. The molecule has 1 aliphatic heterocycles. The number of likely N-dealkylation sites (N-methyl/N-ethyl adjacent to an activating group) is 1. The maximum atomic E-state index is 12.2. The molecule has 0 aromatic carbocycles. The molecule has 1 heterocycles. The van der Waals surface area contributed by atoms with E-state index in [1.165, 1.54) is 11.8 Å². The van der Waals surface area contributed by atoms with Crippen molar-refractivity contribution >= 4 is 17.5 Å². The molecule has 19 heavy (non-hydrogen) atoms. The molecule has 106 valence electrons. The molecule has 6 heteroatoms. The molecule has 1 amide bonds. The Labute approximate surface area is 114 Å². The van der Waals surface area contributed by atoms with Crippen LogP contribution in [-0.4, -0.2) is 53.5 Å². The molecule has 2 N–H and O–H groups in total. The fraction of sp³-hybridized carbons (Fsp3) is 0.615. The highest BCUT2D eigenvalue weighted by Gasteiger charge is 2.29. The molecule has 0 aliphatic carbocycles. The fourth-order valence-corrected chi connectivity index (χ4v) is 1.97. The van der Waals surface area contributed by atoms with E-state index in [2.05, 4.69) is 4.99 Å². The Balaban J connectivity index is 2.56. The second-order valence-electron chi connectivity index (χ2n) is 4.81. The van der Waals surface area contributed by atoms with Crippen LogP contribution in [0.4, 0.5) is 0 Å². The van der Waals surface area contributed by atoms with E-state index in [1.54, 1.807) is 13.1 Å². The standard InChI is InChI=1S/C13H22N4O2/c1-10(18)9-17-8-7-16(3)12(13(17)19)5-4-6-15-11(2)14/h7-8,12H,4-6,9H2,1-3H3,(H2,14,15). The molecule has 0 spiro atoms. The van der Waals surface area contributed by atoms with Gasteiger partial charge in [-0.15, -0.1) is 0 Å². The normalized spacial score (nSPS) is 20.1. The Morgan fingerprint density at radius 2 is 2.11 bits per heavy atom. The molecule has 1 aliphatic rings. The number of amides is 1. The Hall–Kier alpha value is -1.85. The van der Waals surface area contributed by atoms with E-state index in [0.717, 1.165) is 6.42 Å². The summed E-state index contributed by atoms with van der Waals surface area (Å²) in [4.78, 5) is 30.8. The van der Waals surface area contributed by atoms with Crippen molar-refractivity contribution in [3.05, 3.63) is 12.4 Å². The number of nitrogens with two attached hydrogens (primary N) is 1. The number of ketones is 1. The third-order valence-electron chi connectivity index (χ3n) is 2.93. The zero-order valence-electron chi connectivity index (χ0n) is 11.8. The van der Waals surface area contributed by atoms with Crippen LogP contribution in [0.1, 0.15) is 26.7 Å². The van der Waals surface area contributed by atoms with Crippen molar-refractivity contribution in [2.24, 2.45) is 10.7 Å². The van der Waals surface area contributed by atoms with Gasteiger partial charge in [-0.05, 0) is 26.7 Å².